The number of benzene rings is 1. The summed E-state index contributed by atoms with van der Waals surface area (Å²) >= 11 is 0. The molecule has 4 heteroatoms. The first-order chi connectivity index (χ1) is 11.3. The number of hydrogen-bond donors (Lipinski definition) is 0. The minimum absolute atomic E-state index is 0.0917. The van der Waals surface area contributed by atoms with Crippen molar-refractivity contribution in [2.24, 2.45) is 0 Å². The van der Waals surface area contributed by atoms with Crippen molar-refractivity contribution in [3.8, 4) is 6.07 Å². The van der Waals surface area contributed by atoms with Gasteiger partial charge >= 0.3 is 0 Å². The van der Waals surface area contributed by atoms with Crippen LogP contribution < -0.4 is 0 Å². The summed E-state index contributed by atoms with van der Waals surface area (Å²) in [5.41, 5.74) is 1.51. The maximum absolute atomic E-state index is 12.5. The minimum Gasteiger partial charge on any atom is -0.335 e. The van der Waals surface area contributed by atoms with E-state index < -0.39 is 0 Å². The van der Waals surface area contributed by atoms with Gasteiger partial charge in [-0.05, 0) is 62.5 Å². The average Bonchev–Trinajstić information content (AvgIpc) is 3.25. The van der Waals surface area contributed by atoms with Crippen molar-refractivity contribution in [1.29, 1.82) is 5.26 Å². The maximum Gasteiger partial charge on any atom is 0.246 e. The van der Waals surface area contributed by atoms with Gasteiger partial charge in [0.25, 0.3) is 0 Å². The molecule has 1 aromatic rings. The van der Waals surface area contributed by atoms with E-state index in [2.05, 4.69) is 11.0 Å². The lowest BCUT2D eigenvalue weighted by Gasteiger charge is -2.27. The van der Waals surface area contributed by atoms with Crippen LogP contribution in [0.4, 0.5) is 0 Å². The lowest BCUT2D eigenvalue weighted by atomic mass is 10.1. The fourth-order valence-electron chi connectivity index (χ4n) is 3.55. The van der Waals surface area contributed by atoms with Crippen LogP contribution in [0.1, 0.15) is 36.8 Å². The van der Waals surface area contributed by atoms with Crippen molar-refractivity contribution in [1.82, 2.24) is 9.80 Å². The molecule has 2 saturated heterocycles. The fourth-order valence-corrected chi connectivity index (χ4v) is 3.55. The van der Waals surface area contributed by atoms with Crippen LogP contribution in [0, 0.1) is 11.3 Å². The zero-order valence-corrected chi connectivity index (χ0v) is 13.4. The lowest BCUT2D eigenvalue weighted by molar-refractivity contribution is -0.127. The molecule has 4 nitrogen and oxygen atoms in total. The van der Waals surface area contributed by atoms with E-state index in [0.29, 0.717) is 11.6 Å². The summed E-state index contributed by atoms with van der Waals surface area (Å²) in [4.78, 5) is 17.0. The Balaban J connectivity index is 1.61. The summed E-state index contributed by atoms with van der Waals surface area (Å²) in [6.45, 7) is 4.23. The van der Waals surface area contributed by atoms with E-state index in [1.54, 1.807) is 18.2 Å². The Morgan fingerprint density at radius 3 is 2.87 bits per heavy atom. The number of hydrogen-bond acceptors (Lipinski definition) is 3. The number of nitrogens with zero attached hydrogens (tertiary/aromatic N) is 3. The van der Waals surface area contributed by atoms with E-state index >= 15 is 0 Å². The van der Waals surface area contributed by atoms with E-state index in [-0.39, 0.29) is 5.91 Å². The Morgan fingerprint density at radius 2 is 2.09 bits per heavy atom. The summed E-state index contributed by atoms with van der Waals surface area (Å²) in [6.07, 6.45) is 8.25. The van der Waals surface area contributed by atoms with Crippen molar-refractivity contribution in [2.75, 3.05) is 26.2 Å². The van der Waals surface area contributed by atoms with E-state index in [4.69, 9.17) is 5.26 Å². The Hall–Kier alpha value is -2.12. The SMILES string of the molecule is N#Cc1cccc(/C=C/C(=O)N2CCC[C@H]2CN2CCCC2)c1. The van der Waals surface area contributed by atoms with E-state index in [1.165, 1.54) is 25.9 Å². The number of amides is 1. The molecule has 1 aromatic carbocycles. The second kappa shape index (κ2) is 7.43. The average molecular weight is 309 g/mol. The second-order valence-corrected chi connectivity index (χ2v) is 6.41. The molecule has 2 aliphatic rings. The Morgan fingerprint density at radius 1 is 1.26 bits per heavy atom. The molecule has 1 amide bonds. The van der Waals surface area contributed by atoms with Crippen LogP contribution in [-0.2, 0) is 4.79 Å². The van der Waals surface area contributed by atoms with Crippen LogP contribution in [-0.4, -0.2) is 47.9 Å². The van der Waals surface area contributed by atoms with Gasteiger partial charge in [-0.25, -0.2) is 0 Å². The molecule has 120 valence electrons. The first kappa shape index (κ1) is 15.8. The number of likely N-dealkylation sites (tertiary alicyclic amines) is 2. The highest BCUT2D eigenvalue weighted by Gasteiger charge is 2.29. The van der Waals surface area contributed by atoms with Gasteiger partial charge < -0.3 is 9.80 Å². The van der Waals surface area contributed by atoms with Crippen molar-refractivity contribution >= 4 is 12.0 Å². The topological polar surface area (TPSA) is 47.3 Å². The molecule has 0 aromatic heterocycles. The van der Waals surface area contributed by atoms with Crippen LogP contribution in [0.5, 0.6) is 0 Å². The van der Waals surface area contributed by atoms with Gasteiger partial charge in [0.2, 0.25) is 5.91 Å². The van der Waals surface area contributed by atoms with Crippen molar-refractivity contribution in [3.63, 3.8) is 0 Å². The molecular formula is C19H23N3O. The summed E-state index contributed by atoms with van der Waals surface area (Å²) in [5, 5.41) is 8.93. The quantitative estimate of drug-likeness (QED) is 0.803. The molecule has 0 aliphatic carbocycles. The van der Waals surface area contributed by atoms with Crippen LogP contribution >= 0.6 is 0 Å². The first-order valence-electron chi connectivity index (χ1n) is 8.47. The summed E-state index contributed by atoms with van der Waals surface area (Å²) in [5.74, 6) is 0.0917. The van der Waals surface area contributed by atoms with E-state index in [1.807, 2.05) is 23.1 Å². The van der Waals surface area contributed by atoms with Gasteiger partial charge in [0.05, 0.1) is 11.6 Å². The molecule has 2 fully saturated rings. The largest absolute Gasteiger partial charge is 0.335 e. The minimum atomic E-state index is 0.0917. The molecule has 0 saturated carbocycles. The van der Waals surface area contributed by atoms with Gasteiger partial charge in [-0.1, -0.05) is 12.1 Å². The van der Waals surface area contributed by atoms with Gasteiger partial charge in [-0.2, -0.15) is 5.26 Å². The van der Waals surface area contributed by atoms with Gasteiger partial charge in [0, 0.05) is 25.2 Å². The number of carbonyl (C=O) groups is 1. The Kier molecular flexibility index (Phi) is 5.09. The zero-order chi connectivity index (χ0) is 16.1. The fraction of sp³-hybridized carbons (Fsp3) is 0.474. The molecule has 0 spiro atoms. The Labute approximate surface area is 138 Å². The number of rotatable bonds is 4. The van der Waals surface area contributed by atoms with Crippen molar-refractivity contribution in [3.05, 3.63) is 41.5 Å². The highest BCUT2D eigenvalue weighted by Crippen LogP contribution is 2.21. The second-order valence-electron chi connectivity index (χ2n) is 6.41. The summed E-state index contributed by atoms with van der Waals surface area (Å²) < 4.78 is 0. The molecular weight excluding hydrogens is 286 g/mol. The molecule has 2 heterocycles. The molecule has 0 N–H and O–H groups in total. The van der Waals surface area contributed by atoms with E-state index in [9.17, 15) is 4.79 Å². The number of carbonyl (C=O) groups excluding carboxylic acids is 1. The van der Waals surface area contributed by atoms with Crippen LogP contribution in [0.2, 0.25) is 0 Å². The van der Waals surface area contributed by atoms with Crippen LogP contribution in [0.25, 0.3) is 6.08 Å². The van der Waals surface area contributed by atoms with Gasteiger partial charge in [-0.3, -0.25) is 4.79 Å². The van der Waals surface area contributed by atoms with Crippen molar-refractivity contribution in [2.45, 2.75) is 31.7 Å². The predicted molar refractivity (Wildman–Crippen MR) is 90.6 cm³/mol. The normalized spacial score (nSPS) is 21.9. The third-order valence-corrected chi connectivity index (χ3v) is 4.76. The van der Waals surface area contributed by atoms with Gasteiger partial charge in [0.1, 0.15) is 0 Å². The molecule has 23 heavy (non-hydrogen) atoms. The summed E-state index contributed by atoms with van der Waals surface area (Å²) in [6, 6.07) is 9.81. The monoisotopic (exact) mass is 309 g/mol. The molecule has 1 atom stereocenters. The Bertz CT molecular complexity index is 626. The van der Waals surface area contributed by atoms with Gasteiger partial charge in [0.15, 0.2) is 0 Å². The molecule has 0 unspecified atom stereocenters. The van der Waals surface area contributed by atoms with Gasteiger partial charge in [-0.15, -0.1) is 0 Å². The molecule has 2 aliphatic heterocycles. The molecule has 0 bridgehead atoms. The smallest absolute Gasteiger partial charge is 0.246 e. The maximum atomic E-state index is 12.5. The van der Waals surface area contributed by atoms with Crippen LogP contribution in [0.3, 0.4) is 0 Å². The molecule has 3 rings (SSSR count). The highest BCUT2D eigenvalue weighted by molar-refractivity contribution is 5.92. The third-order valence-electron chi connectivity index (χ3n) is 4.76. The van der Waals surface area contributed by atoms with E-state index in [0.717, 1.165) is 31.5 Å². The van der Waals surface area contributed by atoms with Crippen molar-refractivity contribution < 1.29 is 4.79 Å². The first-order valence-corrected chi connectivity index (χ1v) is 8.47. The standard InChI is InChI=1S/C19H23N3O/c20-14-17-6-3-5-16(13-17)8-9-19(23)22-12-4-7-18(22)15-21-10-1-2-11-21/h3,5-6,8-9,13,18H,1-2,4,7,10-12,15H2/b9-8+/t18-/m0/s1. The lowest BCUT2D eigenvalue weighted by Crippen LogP contribution is -2.41. The number of nitriles is 1. The highest BCUT2D eigenvalue weighted by atomic mass is 16.2. The summed E-state index contributed by atoms with van der Waals surface area (Å²) in [7, 11) is 0. The third kappa shape index (κ3) is 4.00. The zero-order valence-electron chi connectivity index (χ0n) is 13.4. The molecule has 0 radical (unpaired) electrons. The predicted octanol–water partition coefficient (Wildman–Crippen LogP) is 2.66. The van der Waals surface area contributed by atoms with Crippen LogP contribution in [0.15, 0.2) is 30.3 Å².